The average molecular weight is 182 g/mol. The monoisotopic (exact) mass is 182 g/mol. The molecule has 0 bridgehead atoms. The standard InChI is InChI=1S/FH.K.Na.H3O4P.2H/c;;;1-5(2,3)4;;/h1H;;;(H3,1,2,3,4);;. The number of halogens is 1. The van der Waals surface area contributed by atoms with Crippen LogP contribution in [-0.2, 0) is 4.57 Å². The summed E-state index contributed by atoms with van der Waals surface area (Å²) in [5.74, 6) is 0. The summed E-state index contributed by atoms with van der Waals surface area (Å²) in [5.41, 5.74) is 0. The molecule has 0 fully saturated rings. The molecule has 0 rings (SSSR count). The Morgan fingerprint density at radius 3 is 1.12 bits per heavy atom. The van der Waals surface area contributed by atoms with Gasteiger partial charge in [-0.25, -0.2) is 4.57 Å². The Balaban J connectivity index is -0.0000000267. The van der Waals surface area contributed by atoms with Gasteiger partial charge in [0, 0.05) is 0 Å². The SMILES string of the molecule is F.O=P(O)(O)O.[KH].[NaH]. The van der Waals surface area contributed by atoms with Gasteiger partial charge in [0.2, 0.25) is 0 Å². The molecule has 0 aliphatic heterocycles. The third-order valence-electron chi connectivity index (χ3n) is 0. The van der Waals surface area contributed by atoms with Gasteiger partial charge in [0.15, 0.2) is 0 Å². The first kappa shape index (κ1) is 22.4. The van der Waals surface area contributed by atoms with Gasteiger partial charge in [-0.3, -0.25) is 4.70 Å². The van der Waals surface area contributed by atoms with Gasteiger partial charge in [-0.15, -0.1) is 0 Å². The fraction of sp³-hybridized carbons (Fsp3) is 0. The average Bonchev–Trinajstić information content (AvgIpc) is 0.722. The zero-order valence-electron chi connectivity index (χ0n) is 2.61. The molecular weight excluding hydrogens is 176 g/mol. The Labute approximate surface area is 110 Å². The van der Waals surface area contributed by atoms with E-state index in [9.17, 15) is 0 Å². The molecule has 8 heteroatoms. The molecule has 0 unspecified atom stereocenters. The van der Waals surface area contributed by atoms with Gasteiger partial charge >= 0.3 is 88.8 Å². The molecule has 4 nitrogen and oxygen atoms in total. The molecule has 0 amide bonds. The Bertz CT molecular complexity index is 62.2. The summed E-state index contributed by atoms with van der Waals surface area (Å²) in [6, 6.07) is 0. The van der Waals surface area contributed by atoms with Crippen LogP contribution in [0, 0.1) is 0 Å². The molecule has 3 N–H and O–H groups in total. The third-order valence-corrected chi connectivity index (χ3v) is 0. The maximum absolute atomic E-state index is 8.88. The molecule has 0 aliphatic carbocycles. The van der Waals surface area contributed by atoms with Crippen LogP contribution < -0.4 is 0 Å². The molecule has 0 spiro atoms. The Morgan fingerprint density at radius 2 is 1.12 bits per heavy atom. The van der Waals surface area contributed by atoms with Crippen LogP contribution in [0.1, 0.15) is 0 Å². The summed E-state index contributed by atoms with van der Waals surface area (Å²) in [4.78, 5) is 21.6. The van der Waals surface area contributed by atoms with E-state index in [2.05, 4.69) is 0 Å². The number of rotatable bonds is 0. The molecule has 0 aromatic heterocycles. The van der Waals surface area contributed by atoms with Gasteiger partial charge in [0.25, 0.3) is 0 Å². The predicted octanol–water partition coefficient (Wildman–Crippen LogP) is -2.07. The molecule has 0 aromatic rings. The fourth-order valence-corrected chi connectivity index (χ4v) is 0. The van der Waals surface area contributed by atoms with E-state index in [1.165, 1.54) is 0 Å². The molecule has 0 aliphatic rings. The van der Waals surface area contributed by atoms with E-state index in [1.54, 1.807) is 0 Å². The van der Waals surface area contributed by atoms with Crippen molar-refractivity contribution >= 4 is 88.8 Å². The van der Waals surface area contributed by atoms with Crippen molar-refractivity contribution in [3.63, 3.8) is 0 Å². The van der Waals surface area contributed by atoms with Crippen LogP contribution in [0.3, 0.4) is 0 Å². The van der Waals surface area contributed by atoms with Crippen LogP contribution in [0.2, 0.25) is 0 Å². The van der Waals surface area contributed by atoms with E-state index in [4.69, 9.17) is 19.2 Å². The van der Waals surface area contributed by atoms with Crippen LogP contribution in [0.25, 0.3) is 0 Å². The third kappa shape index (κ3) is 71.4. The summed E-state index contributed by atoms with van der Waals surface area (Å²) in [6.45, 7) is 0. The van der Waals surface area contributed by atoms with Crippen LogP contribution in [0.4, 0.5) is 4.70 Å². The van der Waals surface area contributed by atoms with Crippen LogP contribution in [-0.4, -0.2) is 95.6 Å². The van der Waals surface area contributed by atoms with Gasteiger partial charge in [0.05, 0.1) is 0 Å². The van der Waals surface area contributed by atoms with Gasteiger partial charge in [-0.1, -0.05) is 0 Å². The predicted molar refractivity (Wildman–Crippen MR) is 31.1 cm³/mol. The molecule has 8 heavy (non-hydrogen) atoms. The van der Waals surface area contributed by atoms with E-state index in [1.807, 2.05) is 0 Å². The zero-order chi connectivity index (χ0) is 4.50. The van der Waals surface area contributed by atoms with Crippen LogP contribution in [0.5, 0.6) is 0 Å². The zero-order valence-corrected chi connectivity index (χ0v) is 3.50. The fourth-order valence-electron chi connectivity index (χ4n) is 0. The maximum atomic E-state index is 8.88. The minimum atomic E-state index is -4.64. The number of phosphoric acid groups is 1. The van der Waals surface area contributed by atoms with E-state index in [0.29, 0.717) is 0 Å². The van der Waals surface area contributed by atoms with Crippen molar-refractivity contribution in [1.29, 1.82) is 0 Å². The molecule has 0 saturated carbocycles. The second-order valence-electron chi connectivity index (χ2n) is 0.513. The summed E-state index contributed by atoms with van der Waals surface area (Å²) in [7, 11) is -4.64. The second-order valence-corrected chi connectivity index (χ2v) is 1.54. The Kier molecular flexibility index (Phi) is 27.1. The Hall–Kier alpha value is 2.68. The summed E-state index contributed by atoms with van der Waals surface area (Å²) in [5, 5.41) is 0. The second kappa shape index (κ2) is 9.68. The molecule has 0 heterocycles. The van der Waals surface area contributed by atoms with Crippen LogP contribution in [0.15, 0.2) is 0 Å². The van der Waals surface area contributed by atoms with Crippen molar-refractivity contribution in [2.24, 2.45) is 0 Å². The van der Waals surface area contributed by atoms with Crippen molar-refractivity contribution in [1.82, 2.24) is 0 Å². The van der Waals surface area contributed by atoms with Gasteiger partial charge < -0.3 is 14.7 Å². The first-order valence-corrected chi connectivity index (χ1v) is 2.35. The van der Waals surface area contributed by atoms with Gasteiger partial charge in [-0.2, -0.15) is 0 Å². The molecular formula is H6FKNaO4P. The summed E-state index contributed by atoms with van der Waals surface area (Å²) < 4.78 is 8.88. The van der Waals surface area contributed by atoms with Gasteiger partial charge in [0.1, 0.15) is 0 Å². The molecule has 0 radical (unpaired) electrons. The minimum absolute atomic E-state index is 0. The van der Waals surface area contributed by atoms with Crippen molar-refractivity contribution in [3.05, 3.63) is 0 Å². The normalized spacial score (nSPS) is 7.38. The first-order valence-electron chi connectivity index (χ1n) is 0.783. The molecule has 44 valence electrons. The van der Waals surface area contributed by atoms with Gasteiger partial charge in [-0.05, 0) is 0 Å². The molecule has 0 aromatic carbocycles. The topological polar surface area (TPSA) is 77.8 Å². The Morgan fingerprint density at radius 1 is 1.12 bits per heavy atom. The van der Waals surface area contributed by atoms with Crippen molar-refractivity contribution in [3.8, 4) is 0 Å². The molecule has 0 atom stereocenters. The first-order chi connectivity index (χ1) is 2.00. The summed E-state index contributed by atoms with van der Waals surface area (Å²) >= 11 is 0. The van der Waals surface area contributed by atoms with Crippen LogP contribution >= 0.6 is 7.82 Å². The van der Waals surface area contributed by atoms with E-state index < -0.39 is 7.82 Å². The van der Waals surface area contributed by atoms with E-state index in [-0.39, 0.29) is 85.6 Å². The quantitative estimate of drug-likeness (QED) is 0.297. The van der Waals surface area contributed by atoms with Crippen molar-refractivity contribution < 1.29 is 23.9 Å². The van der Waals surface area contributed by atoms with E-state index in [0.717, 1.165) is 0 Å². The van der Waals surface area contributed by atoms with Crippen molar-refractivity contribution in [2.75, 3.05) is 0 Å². The number of hydrogen-bond donors (Lipinski definition) is 3. The molecule has 0 saturated heterocycles. The number of hydrogen-bond acceptors (Lipinski definition) is 1. The summed E-state index contributed by atoms with van der Waals surface area (Å²) in [6.07, 6.45) is 0. The van der Waals surface area contributed by atoms with E-state index >= 15 is 0 Å². The van der Waals surface area contributed by atoms with Crippen molar-refractivity contribution in [2.45, 2.75) is 0 Å².